The fourth-order valence-electron chi connectivity index (χ4n) is 2.31. The van der Waals surface area contributed by atoms with Gasteiger partial charge in [0, 0.05) is 17.6 Å². The first-order valence-electron chi connectivity index (χ1n) is 8.01. The Morgan fingerprint density at radius 3 is 2.14 bits per heavy atom. The van der Waals surface area contributed by atoms with E-state index in [9.17, 15) is 13.2 Å². The Bertz CT molecular complexity index is 996. The molecule has 0 aliphatic carbocycles. The molecule has 142 valence electrons. The lowest BCUT2D eigenvalue weighted by Crippen LogP contribution is -2.12. The second-order valence-corrected chi connectivity index (χ2v) is 5.62. The molecule has 1 heterocycles. The van der Waals surface area contributed by atoms with E-state index in [2.05, 4.69) is 20.6 Å². The molecule has 0 unspecified atom stereocenters. The molecule has 1 aromatic heterocycles. The van der Waals surface area contributed by atoms with Crippen LogP contribution in [0.25, 0.3) is 0 Å². The van der Waals surface area contributed by atoms with Crippen LogP contribution in [0.1, 0.15) is 11.1 Å². The number of methoxy groups -OCH3 is 1. The first-order valence-corrected chi connectivity index (χ1v) is 8.01. The third-order valence-corrected chi connectivity index (χ3v) is 3.72. The minimum Gasteiger partial charge on any atom is -0.497 e. The number of nitrogens with one attached hydrogen (secondary N) is 2. The highest BCUT2D eigenvalue weighted by Crippen LogP contribution is 2.35. The Kier molecular flexibility index (Phi) is 5.31. The maximum Gasteiger partial charge on any atom is 0.421 e. The summed E-state index contributed by atoms with van der Waals surface area (Å²) in [5.41, 5.74) is 0.415. The number of nitriles is 1. The van der Waals surface area contributed by atoms with Crippen LogP contribution in [-0.4, -0.2) is 17.1 Å². The van der Waals surface area contributed by atoms with Gasteiger partial charge < -0.3 is 15.4 Å². The maximum atomic E-state index is 13.3. The van der Waals surface area contributed by atoms with Crippen LogP contribution < -0.4 is 15.4 Å². The Labute approximate surface area is 158 Å². The van der Waals surface area contributed by atoms with Crippen molar-refractivity contribution in [3.8, 4) is 11.8 Å². The van der Waals surface area contributed by atoms with Gasteiger partial charge in [0.2, 0.25) is 5.95 Å². The zero-order valence-electron chi connectivity index (χ0n) is 14.6. The van der Waals surface area contributed by atoms with Gasteiger partial charge in [0.1, 0.15) is 17.1 Å². The van der Waals surface area contributed by atoms with E-state index in [-0.39, 0.29) is 11.8 Å². The Morgan fingerprint density at radius 2 is 1.57 bits per heavy atom. The highest BCUT2D eigenvalue weighted by atomic mass is 19.4. The number of anilines is 4. The summed E-state index contributed by atoms with van der Waals surface area (Å²) >= 11 is 0. The minimum atomic E-state index is -4.62. The molecule has 6 nitrogen and oxygen atoms in total. The van der Waals surface area contributed by atoms with Crippen LogP contribution in [0.5, 0.6) is 5.75 Å². The number of aromatic nitrogens is 2. The zero-order chi connectivity index (χ0) is 20.1. The molecule has 0 atom stereocenters. The summed E-state index contributed by atoms with van der Waals surface area (Å²) < 4.78 is 45.0. The topological polar surface area (TPSA) is 82.9 Å². The normalized spacial score (nSPS) is 10.8. The van der Waals surface area contributed by atoms with Gasteiger partial charge in [-0.2, -0.15) is 23.4 Å². The van der Waals surface area contributed by atoms with Crippen molar-refractivity contribution in [3.63, 3.8) is 0 Å². The molecule has 0 radical (unpaired) electrons. The highest BCUT2D eigenvalue weighted by Gasteiger charge is 2.35. The molecular formula is C19H14F3N5O. The van der Waals surface area contributed by atoms with Crippen molar-refractivity contribution in [2.75, 3.05) is 17.7 Å². The van der Waals surface area contributed by atoms with Gasteiger partial charge in [-0.25, -0.2) is 4.98 Å². The Morgan fingerprint density at radius 1 is 0.964 bits per heavy atom. The maximum absolute atomic E-state index is 13.3. The molecule has 0 bridgehead atoms. The van der Waals surface area contributed by atoms with Crippen molar-refractivity contribution < 1.29 is 17.9 Å². The fourth-order valence-corrected chi connectivity index (χ4v) is 2.31. The number of hydrogen-bond acceptors (Lipinski definition) is 6. The van der Waals surface area contributed by atoms with Gasteiger partial charge in [-0.1, -0.05) is 0 Å². The van der Waals surface area contributed by atoms with Crippen LogP contribution >= 0.6 is 0 Å². The lowest BCUT2D eigenvalue weighted by atomic mass is 10.2. The Hall–Kier alpha value is -3.80. The summed E-state index contributed by atoms with van der Waals surface area (Å²) in [6.07, 6.45) is -3.91. The van der Waals surface area contributed by atoms with Gasteiger partial charge in [-0.15, -0.1) is 0 Å². The van der Waals surface area contributed by atoms with E-state index in [0.717, 1.165) is 0 Å². The summed E-state index contributed by atoms with van der Waals surface area (Å²) in [5.74, 6) is 0.171. The van der Waals surface area contributed by atoms with Crippen LogP contribution in [0.3, 0.4) is 0 Å². The molecule has 9 heteroatoms. The molecule has 2 aromatic carbocycles. The van der Waals surface area contributed by atoms with Crippen molar-refractivity contribution in [1.82, 2.24) is 9.97 Å². The molecular weight excluding hydrogens is 371 g/mol. The molecule has 0 amide bonds. The predicted octanol–water partition coefficient (Wildman–Crippen LogP) is 4.86. The Balaban J connectivity index is 1.90. The van der Waals surface area contributed by atoms with Crippen molar-refractivity contribution >= 4 is 23.1 Å². The summed E-state index contributed by atoms with van der Waals surface area (Å²) in [6.45, 7) is 0. The SMILES string of the molecule is COc1ccc(Nc2nc(Nc3ccc(C#N)cc3)ncc2C(F)(F)F)cc1. The second-order valence-electron chi connectivity index (χ2n) is 5.62. The molecule has 0 saturated carbocycles. The van der Waals surface area contributed by atoms with Crippen molar-refractivity contribution in [2.24, 2.45) is 0 Å². The van der Waals surface area contributed by atoms with Crippen molar-refractivity contribution in [1.29, 1.82) is 5.26 Å². The average Bonchev–Trinajstić information content (AvgIpc) is 2.68. The van der Waals surface area contributed by atoms with E-state index in [0.29, 0.717) is 28.9 Å². The number of halogens is 3. The first kappa shape index (κ1) is 19.0. The smallest absolute Gasteiger partial charge is 0.421 e. The van der Waals surface area contributed by atoms with E-state index in [1.54, 1.807) is 48.5 Å². The van der Waals surface area contributed by atoms with Gasteiger partial charge in [0.25, 0.3) is 0 Å². The van der Waals surface area contributed by atoms with Crippen LogP contribution in [0, 0.1) is 11.3 Å². The second kappa shape index (κ2) is 7.84. The lowest BCUT2D eigenvalue weighted by molar-refractivity contribution is -0.137. The molecule has 0 aliphatic rings. The molecule has 3 aromatic rings. The van der Waals surface area contributed by atoms with Crippen LogP contribution in [0.15, 0.2) is 54.7 Å². The van der Waals surface area contributed by atoms with Crippen LogP contribution in [0.4, 0.5) is 36.3 Å². The quantitative estimate of drug-likeness (QED) is 0.652. The monoisotopic (exact) mass is 385 g/mol. The number of ether oxygens (including phenoxy) is 1. The van der Waals surface area contributed by atoms with Gasteiger partial charge >= 0.3 is 6.18 Å². The molecule has 0 aliphatic heterocycles. The lowest BCUT2D eigenvalue weighted by Gasteiger charge is -2.15. The van der Waals surface area contributed by atoms with Crippen molar-refractivity contribution in [3.05, 3.63) is 65.9 Å². The summed E-state index contributed by atoms with van der Waals surface area (Å²) in [4.78, 5) is 7.71. The van der Waals surface area contributed by atoms with Gasteiger partial charge in [0.05, 0.1) is 18.7 Å². The summed E-state index contributed by atoms with van der Waals surface area (Å²) in [6, 6.07) is 14.7. The molecule has 3 rings (SSSR count). The van der Waals surface area contributed by atoms with Gasteiger partial charge in [0.15, 0.2) is 0 Å². The number of rotatable bonds is 5. The molecule has 0 saturated heterocycles. The highest BCUT2D eigenvalue weighted by molar-refractivity contribution is 5.63. The molecule has 28 heavy (non-hydrogen) atoms. The molecule has 2 N–H and O–H groups in total. The minimum absolute atomic E-state index is 0.0197. The molecule has 0 fully saturated rings. The standard InChI is InChI=1S/C19H14F3N5O/c1-28-15-8-6-13(7-9-15)25-17-16(19(20,21)22)11-24-18(27-17)26-14-4-2-12(10-23)3-5-14/h2-9,11H,1H3,(H2,24,25,26,27). The third-order valence-electron chi connectivity index (χ3n) is 3.72. The number of alkyl halides is 3. The van der Waals surface area contributed by atoms with E-state index in [1.165, 1.54) is 7.11 Å². The zero-order valence-corrected chi connectivity index (χ0v) is 14.6. The third kappa shape index (κ3) is 4.48. The van der Waals surface area contributed by atoms with E-state index in [4.69, 9.17) is 10.00 Å². The fraction of sp³-hybridized carbons (Fsp3) is 0.105. The predicted molar refractivity (Wildman–Crippen MR) is 97.8 cm³/mol. The first-order chi connectivity index (χ1) is 13.4. The van der Waals surface area contributed by atoms with E-state index < -0.39 is 11.7 Å². The number of benzene rings is 2. The summed E-state index contributed by atoms with van der Waals surface area (Å²) in [7, 11) is 1.50. The summed E-state index contributed by atoms with van der Waals surface area (Å²) in [5, 5.41) is 14.3. The van der Waals surface area contributed by atoms with Gasteiger partial charge in [-0.3, -0.25) is 0 Å². The largest absolute Gasteiger partial charge is 0.497 e. The molecule has 0 spiro atoms. The van der Waals surface area contributed by atoms with Crippen LogP contribution in [0.2, 0.25) is 0 Å². The van der Waals surface area contributed by atoms with E-state index >= 15 is 0 Å². The average molecular weight is 385 g/mol. The van der Waals surface area contributed by atoms with Crippen molar-refractivity contribution in [2.45, 2.75) is 6.18 Å². The van der Waals surface area contributed by atoms with Crippen LogP contribution in [-0.2, 0) is 6.18 Å². The van der Waals surface area contributed by atoms with Gasteiger partial charge in [-0.05, 0) is 48.5 Å². The number of nitrogens with zero attached hydrogens (tertiary/aromatic N) is 3. The number of hydrogen-bond donors (Lipinski definition) is 2. The van der Waals surface area contributed by atoms with E-state index in [1.807, 2.05) is 6.07 Å².